The van der Waals surface area contributed by atoms with Crippen molar-refractivity contribution in [3.8, 4) is 11.8 Å². The molecule has 0 radical (unpaired) electrons. The molecule has 0 atom stereocenters. The molecule has 0 aliphatic rings. The summed E-state index contributed by atoms with van der Waals surface area (Å²) in [6, 6.07) is 17.2. The van der Waals surface area contributed by atoms with Gasteiger partial charge in [0.15, 0.2) is 0 Å². The average Bonchev–Trinajstić information content (AvgIpc) is 2.78. The van der Waals surface area contributed by atoms with Gasteiger partial charge in [-0.1, -0.05) is 40.2 Å². The molecule has 4 nitrogen and oxygen atoms in total. The van der Waals surface area contributed by atoms with Crippen LogP contribution in [-0.4, -0.2) is 5.91 Å². The van der Waals surface area contributed by atoms with E-state index in [0.717, 1.165) is 23.3 Å². The van der Waals surface area contributed by atoms with Crippen LogP contribution in [0, 0.1) is 25.2 Å². The third-order valence-electron chi connectivity index (χ3n) is 5.05. The third-order valence-corrected chi connectivity index (χ3v) is 5.54. The van der Waals surface area contributed by atoms with Crippen LogP contribution in [0.2, 0.25) is 0 Å². The summed E-state index contributed by atoms with van der Waals surface area (Å²) in [5.74, 6) is -0.386. The number of carbonyl (C=O) groups is 1. The van der Waals surface area contributed by atoms with Crippen LogP contribution < -0.4 is 10.1 Å². The smallest absolute Gasteiger partial charge is 0.416 e. The molecule has 3 aromatic rings. The van der Waals surface area contributed by atoms with E-state index < -0.39 is 17.6 Å². The molecule has 0 spiro atoms. The lowest BCUT2D eigenvalue weighted by atomic mass is 10.1. The quantitative estimate of drug-likeness (QED) is 0.271. The van der Waals surface area contributed by atoms with E-state index >= 15 is 0 Å². The first-order valence-electron chi connectivity index (χ1n) is 10.2. The summed E-state index contributed by atoms with van der Waals surface area (Å²) >= 11 is 3.36. The number of nitrogens with zero attached hydrogens (tertiary/aromatic N) is 1. The summed E-state index contributed by atoms with van der Waals surface area (Å²) in [6.45, 7) is 4.31. The number of anilines is 1. The zero-order valence-electron chi connectivity index (χ0n) is 18.3. The van der Waals surface area contributed by atoms with Gasteiger partial charge in [0.05, 0.1) is 5.56 Å². The van der Waals surface area contributed by atoms with Crippen LogP contribution in [-0.2, 0) is 17.6 Å². The number of alkyl halides is 3. The highest BCUT2D eigenvalue weighted by molar-refractivity contribution is 9.10. The van der Waals surface area contributed by atoms with Gasteiger partial charge in [0.2, 0.25) is 0 Å². The fourth-order valence-electron chi connectivity index (χ4n) is 3.09. The molecule has 0 heterocycles. The van der Waals surface area contributed by atoms with Crippen molar-refractivity contribution in [1.82, 2.24) is 0 Å². The first-order chi connectivity index (χ1) is 16.1. The Balaban J connectivity index is 1.83. The Labute approximate surface area is 203 Å². The monoisotopic (exact) mass is 528 g/mol. The Morgan fingerprint density at radius 2 is 1.85 bits per heavy atom. The van der Waals surface area contributed by atoms with Gasteiger partial charge in [-0.2, -0.15) is 18.4 Å². The summed E-state index contributed by atoms with van der Waals surface area (Å²) in [5, 5.41) is 11.9. The summed E-state index contributed by atoms with van der Waals surface area (Å²) in [5.41, 5.74) is 2.48. The van der Waals surface area contributed by atoms with Gasteiger partial charge in [0.1, 0.15) is 24.0 Å². The van der Waals surface area contributed by atoms with Crippen LogP contribution in [0.3, 0.4) is 0 Å². The van der Waals surface area contributed by atoms with E-state index in [2.05, 4.69) is 21.2 Å². The van der Waals surface area contributed by atoms with Crippen LogP contribution in [0.1, 0.15) is 27.8 Å². The lowest BCUT2D eigenvalue weighted by molar-refractivity contribution is -0.137. The highest BCUT2D eigenvalue weighted by atomic mass is 79.9. The van der Waals surface area contributed by atoms with E-state index in [4.69, 9.17) is 4.74 Å². The molecular formula is C26H20BrF3N2O2. The largest absolute Gasteiger partial charge is 0.488 e. The van der Waals surface area contributed by atoms with Crippen LogP contribution >= 0.6 is 15.9 Å². The molecule has 1 amide bonds. The number of rotatable bonds is 6. The van der Waals surface area contributed by atoms with Crippen molar-refractivity contribution in [3.63, 3.8) is 0 Å². The van der Waals surface area contributed by atoms with Gasteiger partial charge in [-0.05, 0) is 73.0 Å². The maximum Gasteiger partial charge on any atom is 0.416 e. The molecule has 0 fully saturated rings. The lowest BCUT2D eigenvalue weighted by Crippen LogP contribution is -2.14. The number of halogens is 4. The number of hydrogen-bond acceptors (Lipinski definition) is 3. The van der Waals surface area contributed by atoms with Crippen LogP contribution in [0.25, 0.3) is 6.08 Å². The van der Waals surface area contributed by atoms with Crippen molar-refractivity contribution < 1.29 is 22.7 Å². The number of nitriles is 1. The zero-order valence-corrected chi connectivity index (χ0v) is 19.9. The first-order valence-corrected chi connectivity index (χ1v) is 10.9. The molecule has 3 rings (SSSR count). The van der Waals surface area contributed by atoms with Crippen LogP contribution in [0.4, 0.5) is 18.9 Å². The zero-order chi connectivity index (χ0) is 24.9. The number of carbonyl (C=O) groups excluding carboxylic acids is 1. The number of ether oxygens (including phenoxy) is 1. The number of amides is 1. The van der Waals surface area contributed by atoms with Gasteiger partial charge < -0.3 is 10.1 Å². The predicted molar refractivity (Wildman–Crippen MR) is 128 cm³/mol. The second kappa shape index (κ2) is 10.6. The van der Waals surface area contributed by atoms with E-state index in [1.165, 1.54) is 23.8 Å². The molecule has 0 aromatic heterocycles. The highest BCUT2D eigenvalue weighted by Gasteiger charge is 2.30. The average molecular weight is 529 g/mol. The van der Waals surface area contributed by atoms with Crippen molar-refractivity contribution in [2.75, 3.05) is 5.32 Å². The Morgan fingerprint density at radius 1 is 1.09 bits per heavy atom. The summed E-state index contributed by atoms with van der Waals surface area (Å²) in [4.78, 5) is 12.6. The molecule has 3 aromatic carbocycles. The van der Waals surface area contributed by atoms with Gasteiger partial charge >= 0.3 is 6.18 Å². The van der Waals surface area contributed by atoms with Gasteiger partial charge in [-0.15, -0.1) is 0 Å². The van der Waals surface area contributed by atoms with Crippen molar-refractivity contribution in [3.05, 3.63) is 98.5 Å². The van der Waals surface area contributed by atoms with Crippen molar-refractivity contribution in [2.24, 2.45) is 0 Å². The van der Waals surface area contributed by atoms with E-state index in [9.17, 15) is 23.2 Å². The molecule has 174 valence electrons. The lowest BCUT2D eigenvalue weighted by Gasteiger charge is -2.12. The Bertz CT molecular complexity index is 1290. The fourth-order valence-corrected chi connectivity index (χ4v) is 3.47. The van der Waals surface area contributed by atoms with Crippen molar-refractivity contribution in [2.45, 2.75) is 26.6 Å². The van der Waals surface area contributed by atoms with E-state index in [1.807, 2.05) is 32.0 Å². The Hall–Kier alpha value is -3.57. The topological polar surface area (TPSA) is 62.1 Å². The number of hydrogen-bond donors (Lipinski definition) is 1. The minimum atomic E-state index is -4.55. The van der Waals surface area contributed by atoms with Gasteiger partial charge in [-0.25, -0.2) is 0 Å². The summed E-state index contributed by atoms with van der Waals surface area (Å²) in [6.07, 6.45) is -3.21. The molecule has 34 heavy (non-hydrogen) atoms. The normalized spacial score (nSPS) is 11.6. The number of nitrogens with one attached hydrogen (secondary N) is 1. The molecule has 0 bridgehead atoms. The standard InChI is InChI=1S/C26H20BrF3N2O2/c1-16-6-7-18(10-17(16)2)15-34-24-9-8-22(27)12-19(24)11-20(14-31)25(33)32-23-5-3-4-21(13-23)26(28,29)30/h3-13H,15H2,1-2H3,(H,32,33)/b20-11+. The molecule has 0 aliphatic heterocycles. The van der Waals surface area contributed by atoms with Gasteiger partial charge in [0, 0.05) is 15.7 Å². The molecule has 0 unspecified atom stereocenters. The SMILES string of the molecule is Cc1ccc(COc2ccc(Br)cc2/C=C(\C#N)C(=O)Nc2cccc(C(F)(F)F)c2)cc1C. The maximum atomic E-state index is 12.9. The van der Waals surface area contributed by atoms with Gasteiger partial charge in [-0.3, -0.25) is 4.79 Å². The van der Waals surface area contributed by atoms with Crippen molar-refractivity contribution >= 4 is 33.6 Å². The Morgan fingerprint density at radius 3 is 2.53 bits per heavy atom. The molecule has 1 N–H and O–H groups in total. The molecule has 0 aliphatic carbocycles. The second-order valence-corrected chi connectivity index (χ2v) is 8.51. The second-order valence-electron chi connectivity index (χ2n) is 7.59. The summed E-state index contributed by atoms with van der Waals surface area (Å²) < 4.78 is 45.5. The molecule has 0 saturated carbocycles. The van der Waals surface area contributed by atoms with E-state index in [-0.39, 0.29) is 17.9 Å². The fraction of sp³-hybridized carbons (Fsp3) is 0.154. The van der Waals surface area contributed by atoms with Crippen LogP contribution in [0.15, 0.2) is 70.7 Å². The molecular weight excluding hydrogens is 509 g/mol. The highest BCUT2D eigenvalue weighted by Crippen LogP contribution is 2.31. The third kappa shape index (κ3) is 6.49. The maximum absolute atomic E-state index is 12.9. The summed E-state index contributed by atoms with van der Waals surface area (Å²) in [7, 11) is 0. The van der Waals surface area contributed by atoms with Crippen molar-refractivity contribution in [1.29, 1.82) is 5.26 Å². The molecule has 0 saturated heterocycles. The minimum Gasteiger partial charge on any atom is -0.488 e. The Kier molecular flexibility index (Phi) is 7.79. The van der Waals surface area contributed by atoms with Crippen LogP contribution in [0.5, 0.6) is 5.75 Å². The number of benzene rings is 3. The van der Waals surface area contributed by atoms with E-state index in [0.29, 0.717) is 15.8 Å². The minimum absolute atomic E-state index is 0.0681. The number of aryl methyl sites for hydroxylation is 2. The van der Waals surface area contributed by atoms with E-state index in [1.54, 1.807) is 24.3 Å². The molecule has 8 heteroatoms. The predicted octanol–water partition coefficient (Wildman–Crippen LogP) is 7.21. The first kappa shape index (κ1) is 25.1. The van der Waals surface area contributed by atoms with Gasteiger partial charge in [0.25, 0.3) is 5.91 Å².